The van der Waals surface area contributed by atoms with Gasteiger partial charge in [-0.15, -0.1) is 0 Å². The van der Waals surface area contributed by atoms with Crippen LogP contribution in [0.1, 0.15) is 29.8 Å². The van der Waals surface area contributed by atoms with Crippen molar-refractivity contribution >= 4 is 16.9 Å². The lowest BCUT2D eigenvalue weighted by atomic mass is 10.1. The number of carbonyl (C=O) groups is 1. The molecule has 0 aliphatic heterocycles. The molecular weight excluding hydrogens is 292 g/mol. The van der Waals surface area contributed by atoms with Gasteiger partial charge < -0.3 is 14.5 Å². The molecule has 0 fully saturated rings. The molecule has 0 atom stereocenters. The van der Waals surface area contributed by atoms with Crippen molar-refractivity contribution in [3.63, 3.8) is 0 Å². The molecule has 0 aliphatic rings. The zero-order chi connectivity index (χ0) is 16.2. The maximum Gasteiger partial charge on any atom is 0.251 e. The zero-order valence-corrected chi connectivity index (χ0v) is 13.1. The maximum atomic E-state index is 12.4. The summed E-state index contributed by atoms with van der Waals surface area (Å²) in [5.74, 6) is 0.481. The Morgan fingerprint density at radius 3 is 2.78 bits per heavy atom. The third-order valence-corrected chi connectivity index (χ3v) is 3.36. The minimum atomic E-state index is -0.172. The van der Waals surface area contributed by atoms with E-state index in [2.05, 4.69) is 10.3 Å². The summed E-state index contributed by atoms with van der Waals surface area (Å²) in [5, 5.41) is 3.75. The van der Waals surface area contributed by atoms with E-state index in [1.807, 2.05) is 32.0 Å². The molecule has 0 unspecified atom stereocenters. The summed E-state index contributed by atoms with van der Waals surface area (Å²) in [6.45, 7) is 4.34. The number of furan rings is 1. The second-order valence-corrected chi connectivity index (χ2v) is 5.51. The van der Waals surface area contributed by atoms with E-state index in [1.54, 1.807) is 30.8 Å². The van der Waals surface area contributed by atoms with E-state index < -0.39 is 0 Å². The fourth-order valence-electron chi connectivity index (χ4n) is 2.31. The molecule has 1 aromatic carbocycles. The Morgan fingerprint density at radius 1 is 1.26 bits per heavy atom. The number of nitrogens with zero attached hydrogens (tertiary/aromatic N) is 1. The molecule has 2 aromatic heterocycles. The van der Waals surface area contributed by atoms with Crippen molar-refractivity contribution in [1.29, 1.82) is 0 Å². The largest absolute Gasteiger partial charge is 0.490 e. The summed E-state index contributed by atoms with van der Waals surface area (Å²) in [5.41, 5.74) is 2.14. The highest BCUT2D eigenvalue weighted by atomic mass is 16.5. The summed E-state index contributed by atoms with van der Waals surface area (Å²) in [6, 6.07) is 9.04. The Balaban J connectivity index is 1.82. The highest BCUT2D eigenvalue weighted by Gasteiger charge is 2.14. The van der Waals surface area contributed by atoms with Gasteiger partial charge >= 0.3 is 0 Å². The van der Waals surface area contributed by atoms with Crippen LogP contribution in [-0.4, -0.2) is 17.0 Å². The van der Waals surface area contributed by atoms with Crippen LogP contribution in [0.15, 0.2) is 53.4 Å². The number of pyridine rings is 1. The minimum Gasteiger partial charge on any atom is -0.490 e. The third kappa shape index (κ3) is 3.51. The van der Waals surface area contributed by atoms with Crippen molar-refractivity contribution < 1.29 is 13.9 Å². The molecule has 0 saturated heterocycles. The topological polar surface area (TPSA) is 64.4 Å². The number of ether oxygens (including phenoxy) is 1. The van der Waals surface area contributed by atoms with Crippen LogP contribution in [0.4, 0.5) is 0 Å². The standard InChI is InChI=1S/C18H18N2O3/c1-12(2)23-17-10-14(9-16-15(17)5-8-22-16)18(21)20-11-13-3-6-19-7-4-13/h3-10,12H,11H2,1-2H3,(H,20,21). The third-order valence-electron chi connectivity index (χ3n) is 3.36. The number of hydrogen-bond donors (Lipinski definition) is 1. The number of hydrogen-bond acceptors (Lipinski definition) is 4. The van der Waals surface area contributed by atoms with Crippen LogP contribution < -0.4 is 10.1 Å². The van der Waals surface area contributed by atoms with Gasteiger partial charge in [0.05, 0.1) is 17.8 Å². The van der Waals surface area contributed by atoms with Crippen LogP contribution in [0.3, 0.4) is 0 Å². The van der Waals surface area contributed by atoms with Crippen LogP contribution in [0, 0.1) is 0 Å². The Labute approximate surface area is 134 Å². The summed E-state index contributed by atoms with van der Waals surface area (Å²) >= 11 is 0. The minimum absolute atomic E-state index is 0.0169. The lowest BCUT2D eigenvalue weighted by Crippen LogP contribution is -2.22. The van der Waals surface area contributed by atoms with E-state index in [4.69, 9.17) is 9.15 Å². The van der Waals surface area contributed by atoms with Crippen molar-refractivity contribution in [3.8, 4) is 5.75 Å². The molecule has 3 rings (SSSR count). The predicted molar refractivity (Wildman–Crippen MR) is 87.4 cm³/mol. The highest BCUT2D eigenvalue weighted by molar-refractivity contribution is 5.99. The molecule has 1 amide bonds. The molecule has 5 nitrogen and oxygen atoms in total. The Bertz CT molecular complexity index is 810. The van der Waals surface area contributed by atoms with Gasteiger partial charge in [0, 0.05) is 24.5 Å². The predicted octanol–water partition coefficient (Wildman–Crippen LogP) is 3.55. The molecule has 0 radical (unpaired) electrons. The molecular formula is C18H18N2O3. The first-order valence-electron chi connectivity index (χ1n) is 7.48. The number of nitrogens with one attached hydrogen (secondary N) is 1. The number of rotatable bonds is 5. The number of fused-ring (bicyclic) bond motifs is 1. The first-order chi connectivity index (χ1) is 11.1. The highest BCUT2D eigenvalue weighted by Crippen LogP contribution is 2.29. The Kier molecular flexibility index (Phi) is 4.28. The van der Waals surface area contributed by atoms with Crippen LogP contribution in [0.5, 0.6) is 5.75 Å². The van der Waals surface area contributed by atoms with Gasteiger partial charge in [0.25, 0.3) is 5.91 Å². The summed E-state index contributed by atoms with van der Waals surface area (Å²) in [4.78, 5) is 16.4. The molecule has 23 heavy (non-hydrogen) atoms. The van der Waals surface area contributed by atoms with Crippen LogP contribution >= 0.6 is 0 Å². The van der Waals surface area contributed by atoms with Gasteiger partial charge in [-0.3, -0.25) is 9.78 Å². The SMILES string of the molecule is CC(C)Oc1cc(C(=O)NCc2ccncc2)cc2occc12. The van der Waals surface area contributed by atoms with Crippen LogP contribution in [-0.2, 0) is 6.54 Å². The second-order valence-electron chi connectivity index (χ2n) is 5.51. The lowest BCUT2D eigenvalue weighted by Gasteiger charge is -2.12. The van der Waals surface area contributed by atoms with Crippen molar-refractivity contribution in [2.24, 2.45) is 0 Å². The van der Waals surface area contributed by atoms with E-state index in [0.717, 1.165) is 10.9 Å². The van der Waals surface area contributed by atoms with E-state index in [1.165, 1.54) is 0 Å². The number of amides is 1. The van der Waals surface area contributed by atoms with E-state index in [9.17, 15) is 4.79 Å². The molecule has 0 saturated carbocycles. The van der Waals surface area contributed by atoms with Crippen LogP contribution in [0.25, 0.3) is 11.0 Å². The molecule has 118 valence electrons. The normalized spacial score (nSPS) is 10.9. The first kappa shape index (κ1) is 15.1. The van der Waals surface area contributed by atoms with Crippen molar-refractivity contribution in [3.05, 3.63) is 60.1 Å². The number of aromatic nitrogens is 1. The van der Waals surface area contributed by atoms with E-state index in [0.29, 0.717) is 23.4 Å². The summed E-state index contributed by atoms with van der Waals surface area (Å²) in [7, 11) is 0. The molecule has 0 bridgehead atoms. The first-order valence-corrected chi connectivity index (χ1v) is 7.48. The van der Waals surface area contributed by atoms with Gasteiger partial charge in [-0.05, 0) is 49.7 Å². The van der Waals surface area contributed by atoms with Crippen LogP contribution in [0.2, 0.25) is 0 Å². The summed E-state index contributed by atoms with van der Waals surface area (Å²) in [6.07, 6.45) is 5.01. The van der Waals surface area contributed by atoms with Crippen molar-refractivity contribution in [2.45, 2.75) is 26.5 Å². The zero-order valence-electron chi connectivity index (χ0n) is 13.1. The van der Waals surface area contributed by atoms with Gasteiger partial charge in [-0.2, -0.15) is 0 Å². The quantitative estimate of drug-likeness (QED) is 0.783. The van der Waals surface area contributed by atoms with Crippen molar-refractivity contribution in [1.82, 2.24) is 10.3 Å². The Morgan fingerprint density at radius 2 is 2.04 bits per heavy atom. The maximum absolute atomic E-state index is 12.4. The van der Waals surface area contributed by atoms with E-state index in [-0.39, 0.29) is 12.0 Å². The molecule has 0 aliphatic carbocycles. The smallest absolute Gasteiger partial charge is 0.251 e. The lowest BCUT2D eigenvalue weighted by molar-refractivity contribution is 0.0950. The van der Waals surface area contributed by atoms with E-state index >= 15 is 0 Å². The molecule has 5 heteroatoms. The van der Waals surface area contributed by atoms with Gasteiger partial charge in [-0.1, -0.05) is 0 Å². The second kappa shape index (κ2) is 6.52. The average molecular weight is 310 g/mol. The van der Waals surface area contributed by atoms with Gasteiger partial charge in [-0.25, -0.2) is 0 Å². The number of benzene rings is 1. The molecule has 1 N–H and O–H groups in total. The van der Waals surface area contributed by atoms with Gasteiger partial charge in [0.1, 0.15) is 11.3 Å². The average Bonchev–Trinajstić information content (AvgIpc) is 3.02. The van der Waals surface area contributed by atoms with Crippen molar-refractivity contribution in [2.75, 3.05) is 0 Å². The fraction of sp³-hybridized carbons (Fsp3) is 0.222. The fourth-order valence-corrected chi connectivity index (χ4v) is 2.31. The molecule has 3 aromatic rings. The van der Waals surface area contributed by atoms with Gasteiger partial charge in [0.15, 0.2) is 0 Å². The number of carbonyl (C=O) groups excluding carboxylic acids is 1. The molecule has 2 heterocycles. The summed E-state index contributed by atoms with van der Waals surface area (Å²) < 4.78 is 11.2. The molecule has 0 spiro atoms. The Hall–Kier alpha value is -2.82. The monoisotopic (exact) mass is 310 g/mol. The van der Waals surface area contributed by atoms with Gasteiger partial charge in [0.2, 0.25) is 0 Å².